The van der Waals surface area contributed by atoms with Gasteiger partial charge in [0.1, 0.15) is 0 Å². The van der Waals surface area contributed by atoms with E-state index >= 15 is 0 Å². The Morgan fingerprint density at radius 2 is 1.80 bits per heavy atom. The molecule has 0 unspecified atom stereocenters. The molecule has 0 radical (unpaired) electrons. The van der Waals surface area contributed by atoms with Crippen LogP contribution in [-0.4, -0.2) is 12.6 Å². The summed E-state index contributed by atoms with van der Waals surface area (Å²) in [5.74, 6) is 0.793. The lowest BCUT2D eigenvalue weighted by Crippen LogP contribution is -2.62. The Morgan fingerprint density at radius 1 is 1.20 bits per heavy atom. The fraction of sp³-hybridized carbons (Fsp3) is 1.00. The first-order valence-corrected chi connectivity index (χ1v) is 4.40. The van der Waals surface area contributed by atoms with Gasteiger partial charge >= 0.3 is 0 Å². The van der Waals surface area contributed by atoms with Crippen LogP contribution in [-0.2, 0) is 0 Å². The van der Waals surface area contributed by atoms with Crippen LogP contribution in [0.5, 0.6) is 0 Å². The van der Waals surface area contributed by atoms with Gasteiger partial charge < -0.3 is 0 Å². The first-order valence-electron chi connectivity index (χ1n) is 3.86. The van der Waals surface area contributed by atoms with Crippen LogP contribution in [0.3, 0.4) is 0 Å². The second kappa shape index (κ2) is 1.88. The van der Waals surface area contributed by atoms with E-state index in [4.69, 9.17) is 11.6 Å². The maximum absolute atomic E-state index is 11.9. The molecule has 0 heterocycles. The van der Waals surface area contributed by atoms with E-state index in [0.717, 1.165) is 12.3 Å². The van der Waals surface area contributed by atoms with Gasteiger partial charge in [0.05, 0.1) is 6.67 Å². The zero-order chi connectivity index (χ0) is 7.24. The third kappa shape index (κ3) is 0.674. The summed E-state index contributed by atoms with van der Waals surface area (Å²) in [4.78, 5) is 0. The summed E-state index contributed by atoms with van der Waals surface area (Å²) in [6, 6.07) is 0. The van der Waals surface area contributed by atoms with Gasteiger partial charge in [0.15, 0.2) is 0 Å². The van der Waals surface area contributed by atoms with E-state index in [1.165, 1.54) is 19.3 Å². The lowest BCUT2D eigenvalue weighted by atomic mass is 9.35. The van der Waals surface area contributed by atoms with Crippen LogP contribution < -0.4 is 0 Å². The van der Waals surface area contributed by atoms with E-state index in [-0.39, 0.29) is 6.67 Å². The van der Waals surface area contributed by atoms with Crippen LogP contribution in [0.1, 0.15) is 25.7 Å². The lowest BCUT2D eigenvalue weighted by molar-refractivity contribution is -0.193. The largest absolute Gasteiger partial charge is 0.251 e. The molecule has 0 nitrogen and oxygen atoms in total. The molecule has 0 aromatic carbocycles. The van der Waals surface area contributed by atoms with Crippen molar-refractivity contribution in [3.05, 3.63) is 0 Å². The molecule has 0 amide bonds. The summed E-state index contributed by atoms with van der Waals surface area (Å²) < 4.78 is 11.9. The molecule has 0 spiro atoms. The topological polar surface area (TPSA) is 0 Å². The average Bonchev–Trinajstić information content (AvgIpc) is 1.74. The molecular weight excluding hydrogens is 151 g/mol. The molecule has 0 aromatic rings. The molecule has 3 aliphatic rings. The molecule has 0 N–H and O–H groups in total. The number of rotatable bonds is 3. The van der Waals surface area contributed by atoms with Gasteiger partial charge in [0.25, 0.3) is 0 Å². The fourth-order valence-corrected chi connectivity index (χ4v) is 3.12. The molecule has 3 aliphatic carbocycles. The molecule has 2 heteroatoms. The quantitative estimate of drug-likeness (QED) is 0.560. The van der Waals surface area contributed by atoms with E-state index in [1.54, 1.807) is 0 Å². The number of alkyl halides is 2. The van der Waals surface area contributed by atoms with Gasteiger partial charge in [-0.2, -0.15) is 0 Å². The Balaban J connectivity index is 1.86. The Morgan fingerprint density at radius 3 is 2.20 bits per heavy atom. The van der Waals surface area contributed by atoms with Crippen LogP contribution in [0.15, 0.2) is 0 Å². The Kier molecular flexibility index (Phi) is 1.30. The lowest BCUT2D eigenvalue weighted by Gasteiger charge is -2.70. The first-order chi connectivity index (χ1) is 4.74. The summed E-state index contributed by atoms with van der Waals surface area (Å²) in [6.45, 7) is -0.141. The van der Waals surface area contributed by atoms with E-state index < -0.39 is 0 Å². The SMILES string of the molecule is FCCC12CC(CCl)(C1)C2. The van der Waals surface area contributed by atoms with Crippen LogP contribution in [0, 0.1) is 10.8 Å². The van der Waals surface area contributed by atoms with Crippen LogP contribution in [0.4, 0.5) is 4.39 Å². The average molecular weight is 163 g/mol. The number of hydrogen-bond acceptors (Lipinski definition) is 0. The van der Waals surface area contributed by atoms with Crippen LogP contribution in [0.25, 0.3) is 0 Å². The normalized spacial score (nSPS) is 49.8. The van der Waals surface area contributed by atoms with Gasteiger partial charge in [-0.25, -0.2) is 0 Å². The third-order valence-electron chi connectivity index (χ3n) is 3.16. The molecule has 3 saturated carbocycles. The van der Waals surface area contributed by atoms with Crippen molar-refractivity contribution in [3.63, 3.8) is 0 Å². The predicted molar refractivity (Wildman–Crippen MR) is 40.0 cm³/mol. The van der Waals surface area contributed by atoms with Crippen molar-refractivity contribution in [2.45, 2.75) is 25.7 Å². The van der Waals surface area contributed by atoms with Crippen molar-refractivity contribution in [2.24, 2.45) is 10.8 Å². The van der Waals surface area contributed by atoms with Crippen molar-refractivity contribution < 1.29 is 4.39 Å². The molecule has 58 valence electrons. The van der Waals surface area contributed by atoms with Crippen LogP contribution >= 0.6 is 11.6 Å². The highest BCUT2D eigenvalue weighted by atomic mass is 35.5. The van der Waals surface area contributed by atoms with E-state index in [9.17, 15) is 4.39 Å². The van der Waals surface area contributed by atoms with E-state index in [0.29, 0.717) is 10.8 Å². The molecule has 0 aliphatic heterocycles. The summed E-state index contributed by atoms with van der Waals surface area (Å²) in [5.41, 5.74) is 0.889. The second-order valence-corrected chi connectivity index (χ2v) is 4.37. The zero-order valence-electron chi connectivity index (χ0n) is 6.00. The minimum Gasteiger partial charge on any atom is -0.251 e. The highest BCUT2D eigenvalue weighted by molar-refractivity contribution is 6.18. The molecule has 2 bridgehead atoms. The van der Waals surface area contributed by atoms with Gasteiger partial charge in [0.2, 0.25) is 0 Å². The van der Waals surface area contributed by atoms with Crippen molar-refractivity contribution in [1.29, 1.82) is 0 Å². The minimum atomic E-state index is -0.141. The minimum absolute atomic E-state index is 0.141. The molecular formula is C8H12ClF. The number of halogens is 2. The summed E-state index contributed by atoms with van der Waals surface area (Å²) in [6.07, 6.45) is 4.39. The highest BCUT2D eigenvalue weighted by Crippen LogP contribution is 2.75. The fourth-order valence-electron chi connectivity index (χ4n) is 2.84. The van der Waals surface area contributed by atoms with Crippen molar-refractivity contribution in [3.8, 4) is 0 Å². The van der Waals surface area contributed by atoms with Gasteiger partial charge in [-0.15, -0.1) is 11.6 Å². The monoisotopic (exact) mass is 162 g/mol. The summed E-state index contributed by atoms with van der Waals surface area (Å²) >= 11 is 5.75. The van der Waals surface area contributed by atoms with Crippen molar-refractivity contribution in [1.82, 2.24) is 0 Å². The van der Waals surface area contributed by atoms with E-state index in [2.05, 4.69) is 0 Å². The first kappa shape index (κ1) is 6.90. The Bertz CT molecular complexity index is 136. The van der Waals surface area contributed by atoms with Crippen molar-refractivity contribution >= 4 is 11.6 Å². The smallest absolute Gasteiger partial charge is 0.0899 e. The summed E-state index contributed by atoms with van der Waals surface area (Å²) in [7, 11) is 0. The van der Waals surface area contributed by atoms with Gasteiger partial charge in [-0.1, -0.05) is 0 Å². The third-order valence-corrected chi connectivity index (χ3v) is 3.73. The second-order valence-electron chi connectivity index (χ2n) is 4.10. The standard InChI is InChI=1S/C8H12ClF/c9-6-8-3-7(4-8,5-8)1-2-10/h1-6H2. The molecule has 0 saturated heterocycles. The van der Waals surface area contributed by atoms with E-state index in [1.807, 2.05) is 0 Å². The highest BCUT2D eigenvalue weighted by Gasteiger charge is 2.66. The number of hydrogen-bond donors (Lipinski definition) is 0. The maximum Gasteiger partial charge on any atom is 0.0899 e. The van der Waals surface area contributed by atoms with Gasteiger partial charge in [-0.05, 0) is 36.5 Å². The zero-order valence-corrected chi connectivity index (χ0v) is 6.75. The van der Waals surface area contributed by atoms with Crippen LogP contribution in [0.2, 0.25) is 0 Å². The molecule has 0 atom stereocenters. The van der Waals surface area contributed by atoms with Gasteiger partial charge in [0, 0.05) is 5.88 Å². The molecule has 3 rings (SSSR count). The molecule has 10 heavy (non-hydrogen) atoms. The van der Waals surface area contributed by atoms with Gasteiger partial charge in [-0.3, -0.25) is 4.39 Å². The van der Waals surface area contributed by atoms with Crippen molar-refractivity contribution in [2.75, 3.05) is 12.6 Å². The molecule has 0 aromatic heterocycles. The summed E-state index contributed by atoms with van der Waals surface area (Å²) in [5, 5.41) is 0. The molecule has 3 fully saturated rings. The Labute approximate surface area is 65.8 Å². The Hall–Kier alpha value is 0.220. The maximum atomic E-state index is 11.9. The predicted octanol–water partition coefficient (Wildman–Crippen LogP) is 2.76.